The second-order valence-electron chi connectivity index (χ2n) is 5.46. The second kappa shape index (κ2) is 4.93. The number of nitrogens with zero attached hydrogens (tertiary/aromatic N) is 1. The van der Waals surface area contributed by atoms with Gasteiger partial charge < -0.3 is 5.11 Å². The van der Waals surface area contributed by atoms with Crippen molar-refractivity contribution in [3.8, 4) is 0 Å². The summed E-state index contributed by atoms with van der Waals surface area (Å²) in [7, 11) is 0. The van der Waals surface area contributed by atoms with Gasteiger partial charge >= 0.3 is 0 Å². The first-order chi connectivity index (χ1) is 10.8. The third kappa shape index (κ3) is 1.81. The number of aromatic nitrogens is 1. The Hall–Kier alpha value is -2.71. The largest absolute Gasteiger partial charge is 0.376 e. The topological polar surface area (TPSA) is 33.1 Å². The number of pyridine rings is 1. The quantitative estimate of drug-likeness (QED) is 0.736. The molecule has 1 N–H and O–H groups in total. The molecule has 1 aliphatic carbocycles. The van der Waals surface area contributed by atoms with E-state index in [9.17, 15) is 5.11 Å². The van der Waals surface area contributed by atoms with Crippen molar-refractivity contribution in [3.63, 3.8) is 0 Å². The predicted octanol–water partition coefficient (Wildman–Crippen LogP) is 3.85. The number of hydrogen-bond donors (Lipinski definition) is 1. The summed E-state index contributed by atoms with van der Waals surface area (Å²) in [6.45, 7) is 0. The Balaban J connectivity index is 2.11. The minimum Gasteiger partial charge on any atom is -0.376 e. The van der Waals surface area contributed by atoms with Gasteiger partial charge in [0.25, 0.3) is 0 Å². The molecule has 106 valence electrons. The third-order valence-electron chi connectivity index (χ3n) is 4.22. The highest BCUT2D eigenvalue weighted by Crippen LogP contribution is 2.42. The lowest BCUT2D eigenvalue weighted by molar-refractivity contribution is 0.125. The van der Waals surface area contributed by atoms with Gasteiger partial charge in [0.1, 0.15) is 5.60 Å². The Morgan fingerprint density at radius 1 is 0.727 bits per heavy atom. The van der Waals surface area contributed by atoms with Crippen LogP contribution in [0.2, 0.25) is 0 Å². The second-order valence-corrected chi connectivity index (χ2v) is 5.46. The number of fused-ring (bicyclic) bond motifs is 2. The van der Waals surface area contributed by atoms with Crippen LogP contribution in [0.5, 0.6) is 0 Å². The molecular weight excluding hydrogens is 270 g/mol. The molecule has 0 unspecified atom stereocenters. The molecule has 0 aliphatic heterocycles. The zero-order valence-corrected chi connectivity index (χ0v) is 12.0. The summed E-state index contributed by atoms with van der Waals surface area (Å²) in [5.74, 6) is 0. The Kier molecular flexibility index (Phi) is 2.91. The molecule has 0 bridgehead atoms. The fourth-order valence-corrected chi connectivity index (χ4v) is 3.16. The van der Waals surface area contributed by atoms with Crippen molar-refractivity contribution in [1.29, 1.82) is 0 Å². The van der Waals surface area contributed by atoms with Crippen molar-refractivity contribution in [2.75, 3.05) is 0 Å². The van der Waals surface area contributed by atoms with E-state index in [1.807, 2.05) is 60.7 Å². The summed E-state index contributed by atoms with van der Waals surface area (Å²) < 4.78 is 0. The molecule has 2 aromatic carbocycles. The normalized spacial score (nSPS) is 14.8. The molecular formula is C20H15NO. The van der Waals surface area contributed by atoms with Crippen molar-refractivity contribution in [1.82, 2.24) is 4.98 Å². The first-order valence-corrected chi connectivity index (χ1v) is 7.30. The minimum absolute atomic E-state index is 0.776. The lowest BCUT2D eigenvalue weighted by Crippen LogP contribution is -2.30. The molecule has 0 spiro atoms. The molecule has 1 aliphatic rings. The van der Waals surface area contributed by atoms with Crippen molar-refractivity contribution in [2.45, 2.75) is 5.60 Å². The van der Waals surface area contributed by atoms with Crippen LogP contribution in [-0.2, 0) is 5.60 Å². The van der Waals surface area contributed by atoms with Crippen molar-refractivity contribution in [2.24, 2.45) is 0 Å². The maximum Gasteiger partial charge on any atom is 0.143 e. The number of benzene rings is 2. The predicted molar refractivity (Wildman–Crippen MR) is 88.1 cm³/mol. The van der Waals surface area contributed by atoms with Crippen LogP contribution in [0, 0.1) is 0 Å². The van der Waals surface area contributed by atoms with Crippen LogP contribution in [0.3, 0.4) is 0 Å². The van der Waals surface area contributed by atoms with E-state index < -0.39 is 5.60 Å². The minimum atomic E-state index is -1.20. The summed E-state index contributed by atoms with van der Waals surface area (Å²) in [4.78, 5) is 4.20. The van der Waals surface area contributed by atoms with E-state index in [0.29, 0.717) is 0 Å². The fraction of sp³-hybridized carbons (Fsp3) is 0.0500. The van der Waals surface area contributed by atoms with E-state index in [4.69, 9.17) is 0 Å². The van der Waals surface area contributed by atoms with Crippen LogP contribution in [0.15, 0.2) is 73.1 Å². The average Bonchev–Trinajstić information content (AvgIpc) is 2.73. The van der Waals surface area contributed by atoms with Gasteiger partial charge in [0, 0.05) is 18.0 Å². The van der Waals surface area contributed by atoms with Gasteiger partial charge in [-0.3, -0.25) is 4.98 Å². The highest BCUT2D eigenvalue weighted by Gasteiger charge is 2.37. The Morgan fingerprint density at radius 3 is 1.86 bits per heavy atom. The zero-order valence-electron chi connectivity index (χ0n) is 12.0. The van der Waals surface area contributed by atoms with Gasteiger partial charge in [-0.2, -0.15) is 0 Å². The first kappa shape index (κ1) is 13.0. The van der Waals surface area contributed by atoms with Crippen LogP contribution >= 0.6 is 0 Å². The lowest BCUT2D eigenvalue weighted by Gasteiger charge is -2.31. The molecule has 1 aromatic heterocycles. The van der Waals surface area contributed by atoms with Gasteiger partial charge in [-0.05, 0) is 28.3 Å². The third-order valence-corrected chi connectivity index (χ3v) is 4.22. The van der Waals surface area contributed by atoms with E-state index in [0.717, 1.165) is 27.8 Å². The Bertz CT molecular complexity index is 803. The van der Waals surface area contributed by atoms with E-state index in [1.165, 1.54) is 0 Å². The van der Waals surface area contributed by atoms with Crippen LogP contribution in [0.25, 0.3) is 12.2 Å². The van der Waals surface area contributed by atoms with E-state index >= 15 is 0 Å². The number of hydrogen-bond acceptors (Lipinski definition) is 2. The summed E-state index contributed by atoms with van der Waals surface area (Å²) in [5, 5.41) is 11.7. The van der Waals surface area contributed by atoms with Gasteiger partial charge in [0.2, 0.25) is 0 Å². The van der Waals surface area contributed by atoms with Crippen LogP contribution < -0.4 is 0 Å². The van der Waals surface area contributed by atoms with Crippen LogP contribution in [0.4, 0.5) is 0 Å². The number of aliphatic hydroxyl groups is 1. The molecule has 2 heteroatoms. The van der Waals surface area contributed by atoms with E-state index in [-0.39, 0.29) is 0 Å². The van der Waals surface area contributed by atoms with Crippen molar-refractivity contribution in [3.05, 3.63) is 101 Å². The van der Waals surface area contributed by atoms with Gasteiger partial charge in [-0.25, -0.2) is 0 Å². The van der Waals surface area contributed by atoms with Gasteiger partial charge in [-0.15, -0.1) is 0 Å². The van der Waals surface area contributed by atoms with Crippen molar-refractivity contribution >= 4 is 12.2 Å². The molecule has 4 rings (SSSR count). The highest BCUT2D eigenvalue weighted by atomic mass is 16.3. The van der Waals surface area contributed by atoms with Crippen molar-refractivity contribution < 1.29 is 5.11 Å². The summed E-state index contributed by atoms with van der Waals surface area (Å²) in [6.07, 6.45) is 7.57. The Morgan fingerprint density at radius 2 is 1.32 bits per heavy atom. The molecule has 0 amide bonds. The first-order valence-electron chi connectivity index (χ1n) is 7.30. The molecule has 1 heterocycles. The van der Waals surface area contributed by atoms with E-state index in [2.05, 4.69) is 17.1 Å². The maximum atomic E-state index is 11.7. The summed E-state index contributed by atoms with van der Waals surface area (Å²) in [6, 6.07) is 19.7. The number of rotatable bonds is 1. The smallest absolute Gasteiger partial charge is 0.143 e. The van der Waals surface area contributed by atoms with Gasteiger partial charge in [0.05, 0.1) is 0 Å². The summed E-state index contributed by atoms with van der Waals surface area (Å²) in [5.41, 5.74) is 3.37. The van der Waals surface area contributed by atoms with Gasteiger partial charge in [-0.1, -0.05) is 66.7 Å². The standard InChI is InChI=1S/C20H15NO/c22-20(17-8-5-13-21-14-17)18-9-3-1-6-15(18)11-12-16-7-2-4-10-19(16)20/h1-14,22H. The molecule has 0 saturated carbocycles. The fourth-order valence-electron chi connectivity index (χ4n) is 3.16. The highest BCUT2D eigenvalue weighted by molar-refractivity contribution is 5.78. The molecule has 2 nitrogen and oxygen atoms in total. The molecule has 3 aromatic rings. The molecule has 0 radical (unpaired) electrons. The van der Waals surface area contributed by atoms with Crippen LogP contribution in [-0.4, -0.2) is 10.1 Å². The average molecular weight is 285 g/mol. The lowest BCUT2D eigenvalue weighted by atomic mass is 9.78. The molecule has 0 saturated heterocycles. The van der Waals surface area contributed by atoms with Gasteiger partial charge in [0.15, 0.2) is 0 Å². The maximum absolute atomic E-state index is 11.7. The SMILES string of the molecule is OC1(c2cccnc2)c2ccccc2C=Cc2ccccc21. The molecule has 22 heavy (non-hydrogen) atoms. The molecule has 0 atom stereocenters. The van der Waals surface area contributed by atoms with E-state index in [1.54, 1.807) is 12.4 Å². The molecule has 0 fully saturated rings. The Labute approximate surface area is 129 Å². The van der Waals surface area contributed by atoms with Crippen LogP contribution in [0.1, 0.15) is 27.8 Å². The monoisotopic (exact) mass is 285 g/mol. The summed E-state index contributed by atoms with van der Waals surface area (Å²) >= 11 is 0. The zero-order chi connectivity index (χ0) is 15.0.